The molecule has 20 heavy (non-hydrogen) atoms. The molecule has 7 heteroatoms. The Bertz CT molecular complexity index is 583. The first-order valence-corrected chi connectivity index (χ1v) is 7.75. The highest BCUT2D eigenvalue weighted by molar-refractivity contribution is 7.89. The summed E-state index contributed by atoms with van der Waals surface area (Å²) in [5, 5.41) is 0. The van der Waals surface area contributed by atoms with Gasteiger partial charge < -0.3 is 10.6 Å². The van der Waals surface area contributed by atoms with Gasteiger partial charge in [0.25, 0.3) is 0 Å². The van der Waals surface area contributed by atoms with E-state index < -0.39 is 10.0 Å². The number of aryl methyl sites for hydroxylation is 1. The molecule has 0 bridgehead atoms. The maximum atomic E-state index is 12.2. The number of rotatable bonds is 6. The second-order valence-electron chi connectivity index (χ2n) is 4.74. The van der Waals surface area contributed by atoms with E-state index in [2.05, 4.69) is 4.72 Å². The van der Waals surface area contributed by atoms with Crippen LogP contribution in [0.5, 0.6) is 0 Å². The SMILES string of the molecule is Cc1ccc(CN)cc1S(=O)(=O)NCCC(=O)N(C)C. The summed E-state index contributed by atoms with van der Waals surface area (Å²) in [6.45, 7) is 2.08. The molecule has 0 aliphatic heterocycles. The zero-order valence-corrected chi connectivity index (χ0v) is 12.8. The van der Waals surface area contributed by atoms with Crippen LogP contribution in [0.15, 0.2) is 23.1 Å². The molecule has 0 saturated heterocycles. The van der Waals surface area contributed by atoms with E-state index in [9.17, 15) is 13.2 Å². The Labute approximate surface area is 120 Å². The Hall–Kier alpha value is -1.44. The third-order valence-electron chi connectivity index (χ3n) is 2.91. The minimum absolute atomic E-state index is 0.0750. The molecule has 0 aliphatic carbocycles. The van der Waals surface area contributed by atoms with Gasteiger partial charge in [0.15, 0.2) is 0 Å². The Morgan fingerprint density at radius 2 is 2.00 bits per heavy atom. The highest BCUT2D eigenvalue weighted by atomic mass is 32.2. The third kappa shape index (κ3) is 4.29. The van der Waals surface area contributed by atoms with Gasteiger partial charge in [-0.15, -0.1) is 0 Å². The number of amides is 1. The molecule has 0 aliphatic rings. The van der Waals surface area contributed by atoms with E-state index in [0.717, 1.165) is 5.56 Å². The molecule has 0 radical (unpaired) electrons. The van der Waals surface area contributed by atoms with Crippen molar-refractivity contribution in [3.05, 3.63) is 29.3 Å². The lowest BCUT2D eigenvalue weighted by atomic mass is 10.1. The lowest BCUT2D eigenvalue weighted by Crippen LogP contribution is -2.30. The van der Waals surface area contributed by atoms with Crippen LogP contribution >= 0.6 is 0 Å². The van der Waals surface area contributed by atoms with Crippen molar-refractivity contribution in [3.8, 4) is 0 Å². The molecule has 0 saturated carbocycles. The quantitative estimate of drug-likeness (QED) is 0.785. The number of nitrogens with one attached hydrogen (secondary N) is 1. The van der Waals surface area contributed by atoms with Gasteiger partial charge in [0, 0.05) is 33.6 Å². The molecule has 0 aromatic heterocycles. The van der Waals surface area contributed by atoms with Gasteiger partial charge in [-0.2, -0.15) is 0 Å². The molecule has 1 rings (SSSR count). The number of carbonyl (C=O) groups is 1. The van der Waals surface area contributed by atoms with Crippen LogP contribution in [0.4, 0.5) is 0 Å². The predicted octanol–water partition coefficient (Wildman–Crippen LogP) is 0.210. The topological polar surface area (TPSA) is 92.5 Å². The van der Waals surface area contributed by atoms with Crippen molar-refractivity contribution in [1.82, 2.24) is 9.62 Å². The first kappa shape index (κ1) is 16.6. The normalized spacial score (nSPS) is 11.4. The van der Waals surface area contributed by atoms with E-state index in [0.29, 0.717) is 5.56 Å². The minimum Gasteiger partial charge on any atom is -0.349 e. The lowest BCUT2D eigenvalue weighted by Gasteiger charge is -2.12. The van der Waals surface area contributed by atoms with Crippen LogP contribution in [-0.2, 0) is 21.4 Å². The number of sulfonamides is 1. The molecule has 0 spiro atoms. The van der Waals surface area contributed by atoms with Gasteiger partial charge in [-0.1, -0.05) is 12.1 Å². The first-order chi connectivity index (χ1) is 9.27. The fourth-order valence-corrected chi connectivity index (χ4v) is 2.98. The summed E-state index contributed by atoms with van der Waals surface area (Å²) >= 11 is 0. The van der Waals surface area contributed by atoms with Crippen LogP contribution in [-0.4, -0.2) is 39.9 Å². The van der Waals surface area contributed by atoms with E-state index in [1.165, 1.54) is 4.90 Å². The zero-order chi connectivity index (χ0) is 15.3. The second kappa shape index (κ2) is 6.83. The predicted molar refractivity (Wildman–Crippen MR) is 77.6 cm³/mol. The Morgan fingerprint density at radius 3 is 2.55 bits per heavy atom. The highest BCUT2D eigenvalue weighted by Crippen LogP contribution is 2.16. The summed E-state index contributed by atoms with van der Waals surface area (Å²) in [6.07, 6.45) is 0.127. The fraction of sp³-hybridized carbons (Fsp3) is 0.462. The number of carbonyl (C=O) groups excluding carboxylic acids is 1. The molecule has 0 heterocycles. The van der Waals surface area contributed by atoms with Crippen molar-refractivity contribution in [2.75, 3.05) is 20.6 Å². The number of nitrogens with two attached hydrogens (primary N) is 1. The van der Waals surface area contributed by atoms with Gasteiger partial charge in [0.2, 0.25) is 15.9 Å². The third-order valence-corrected chi connectivity index (χ3v) is 4.51. The molecule has 1 aromatic rings. The van der Waals surface area contributed by atoms with Crippen molar-refractivity contribution in [1.29, 1.82) is 0 Å². The largest absolute Gasteiger partial charge is 0.349 e. The summed E-state index contributed by atoms with van der Waals surface area (Å²) in [4.78, 5) is 13.0. The maximum Gasteiger partial charge on any atom is 0.240 e. The van der Waals surface area contributed by atoms with Crippen LogP contribution in [0.1, 0.15) is 17.5 Å². The summed E-state index contributed by atoms with van der Waals surface area (Å²) in [6, 6.07) is 5.08. The lowest BCUT2D eigenvalue weighted by molar-refractivity contribution is -0.128. The molecule has 3 N–H and O–H groups in total. The Morgan fingerprint density at radius 1 is 1.35 bits per heavy atom. The standard InChI is InChI=1S/C13H21N3O3S/c1-10-4-5-11(9-14)8-12(10)20(18,19)15-7-6-13(17)16(2)3/h4-5,8,15H,6-7,9,14H2,1-3H3. The molecular formula is C13H21N3O3S. The van der Waals surface area contributed by atoms with Crippen molar-refractivity contribution in [2.24, 2.45) is 5.73 Å². The van der Waals surface area contributed by atoms with E-state index in [4.69, 9.17) is 5.73 Å². The van der Waals surface area contributed by atoms with E-state index in [1.54, 1.807) is 39.2 Å². The highest BCUT2D eigenvalue weighted by Gasteiger charge is 2.17. The zero-order valence-electron chi connectivity index (χ0n) is 12.0. The molecule has 0 fully saturated rings. The monoisotopic (exact) mass is 299 g/mol. The maximum absolute atomic E-state index is 12.2. The average Bonchev–Trinajstić information content (AvgIpc) is 2.38. The van der Waals surface area contributed by atoms with Gasteiger partial charge in [0.1, 0.15) is 0 Å². The molecule has 1 amide bonds. The van der Waals surface area contributed by atoms with Crippen LogP contribution in [0.3, 0.4) is 0 Å². The van der Waals surface area contributed by atoms with Gasteiger partial charge in [0.05, 0.1) is 4.90 Å². The number of benzene rings is 1. The Kier molecular flexibility index (Phi) is 5.67. The number of nitrogens with zero attached hydrogens (tertiary/aromatic N) is 1. The molecule has 112 valence electrons. The van der Waals surface area contributed by atoms with Gasteiger partial charge in [-0.25, -0.2) is 13.1 Å². The van der Waals surface area contributed by atoms with Crippen molar-refractivity contribution >= 4 is 15.9 Å². The van der Waals surface area contributed by atoms with Crippen molar-refractivity contribution < 1.29 is 13.2 Å². The molecule has 0 atom stereocenters. The summed E-state index contributed by atoms with van der Waals surface area (Å²) < 4.78 is 26.8. The van der Waals surface area contributed by atoms with Crippen molar-refractivity contribution in [2.45, 2.75) is 24.8 Å². The first-order valence-electron chi connectivity index (χ1n) is 6.27. The molecule has 0 unspecified atom stereocenters. The average molecular weight is 299 g/mol. The second-order valence-corrected chi connectivity index (χ2v) is 6.48. The Balaban J connectivity index is 2.81. The molecule has 6 nitrogen and oxygen atoms in total. The summed E-state index contributed by atoms with van der Waals surface area (Å²) in [5.74, 6) is -0.125. The van der Waals surface area contributed by atoms with Gasteiger partial charge >= 0.3 is 0 Å². The van der Waals surface area contributed by atoms with Gasteiger partial charge in [-0.05, 0) is 24.1 Å². The molecule has 1 aromatic carbocycles. The number of hydrogen-bond donors (Lipinski definition) is 2. The van der Waals surface area contributed by atoms with Gasteiger partial charge in [-0.3, -0.25) is 4.79 Å². The van der Waals surface area contributed by atoms with Crippen molar-refractivity contribution in [3.63, 3.8) is 0 Å². The fourth-order valence-electron chi connectivity index (χ4n) is 1.65. The van der Waals surface area contributed by atoms with Crippen LogP contribution in [0.2, 0.25) is 0 Å². The van der Waals surface area contributed by atoms with Crippen LogP contribution in [0, 0.1) is 6.92 Å². The van der Waals surface area contributed by atoms with Crippen LogP contribution < -0.4 is 10.5 Å². The van der Waals surface area contributed by atoms with E-state index in [1.807, 2.05) is 0 Å². The van der Waals surface area contributed by atoms with E-state index in [-0.39, 0.29) is 30.3 Å². The van der Waals surface area contributed by atoms with Crippen LogP contribution in [0.25, 0.3) is 0 Å². The summed E-state index contributed by atoms with van der Waals surface area (Å²) in [7, 11) is -0.360. The molecular weight excluding hydrogens is 278 g/mol. The van der Waals surface area contributed by atoms with E-state index >= 15 is 0 Å². The summed E-state index contributed by atoms with van der Waals surface area (Å²) in [5.41, 5.74) is 6.92. The number of hydrogen-bond acceptors (Lipinski definition) is 4. The minimum atomic E-state index is -3.62. The smallest absolute Gasteiger partial charge is 0.240 e.